The van der Waals surface area contributed by atoms with Gasteiger partial charge in [0.25, 0.3) is 0 Å². The van der Waals surface area contributed by atoms with E-state index in [1.54, 1.807) is 25.1 Å². The van der Waals surface area contributed by atoms with E-state index in [1.807, 2.05) is 13.8 Å². The lowest BCUT2D eigenvalue weighted by atomic mass is 10.2. The van der Waals surface area contributed by atoms with Gasteiger partial charge in [0.1, 0.15) is 0 Å². The van der Waals surface area contributed by atoms with Crippen molar-refractivity contribution in [3.63, 3.8) is 0 Å². The number of sulfonamides is 1. The fourth-order valence-corrected chi connectivity index (χ4v) is 4.75. The first kappa shape index (κ1) is 18.7. The minimum atomic E-state index is -3.67. The lowest BCUT2D eigenvalue weighted by Gasteiger charge is -2.34. The van der Waals surface area contributed by atoms with Crippen LogP contribution in [-0.2, 0) is 28.9 Å². The van der Waals surface area contributed by atoms with Crippen LogP contribution in [0.2, 0.25) is 0 Å². The zero-order valence-corrected chi connectivity index (χ0v) is 16.3. The second kappa shape index (κ2) is 6.55. The number of aryl methyl sites for hydroxylation is 2. The molecule has 1 aromatic heterocycles. The molecule has 0 saturated carbocycles. The molecule has 0 aliphatic carbocycles. The Kier molecular flexibility index (Phi) is 4.70. The van der Waals surface area contributed by atoms with Crippen LogP contribution >= 0.6 is 0 Å². The summed E-state index contributed by atoms with van der Waals surface area (Å²) < 4.78 is 30.3. The van der Waals surface area contributed by atoms with Crippen molar-refractivity contribution in [1.82, 2.24) is 18.3 Å². The summed E-state index contributed by atoms with van der Waals surface area (Å²) in [6, 6.07) is 4.72. The number of fused-ring (bicyclic) bond motifs is 1. The predicted octanol–water partition coefficient (Wildman–Crippen LogP) is 0.366. The molecule has 2 heterocycles. The van der Waals surface area contributed by atoms with Crippen molar-refractivity contribution >= 4 is 27.0 Å². The minimum absolute atomic E-state index is 0.0442. The third-order valence-electron chi connectivity index (χ3n) is 4.93. The van der Waals surface area contributed by atoms with Crippen molar-refractivity contribution in [2.24, 2.45) is 20.0 Å². The molecular formula is C17H24N4O4S. The van der Waals surface area contributed by atoms with E-state index in [0.717, 1.165) is 0 Å². The molecule has 3 rings (SSSR count). The smallest absolute Gasteiger partial charge is 0.328 e. The van der Waals surface area contributed by atoms with Crippen LogP contribution in [0.4, 0.5) is 0 Å². The Morgan fingerprint density at radius 1 is 1.00 bits per heavy atom. The van der Waals surface area contributed by atoms with Crippen LogP contribution in [0.3, 0.4) is 0 Å². The summed E-state index contributed by atoms with van der Waals surface area (Å²) in [7, 11) is -0.394. The first-order valence-corrected chi connectivity index (χ1v) is 10.0. The number of carbonyl (C=O) groups is 1. The van der Waals surface area contributed by atoms with Gasteiger partial charge in [-0.15, -0.1) is 0 Å². The molecule has 0 bridgehead atoms. The Balaban J connectivity index is 1.88. The fourth-order valence-electron chi connectivity index (χ4n) is 3.31. The molecule has 0 radical (unpaired) electrons. The predicted molar refractivity (Wildman–Crippen MR) is 98.3 cm³/mol. The molecule has 1 aromatic carbocycles. The number of piperazine rings is 1. The van der Waals surface area contributed by atoms with Gasteiger partial charge in [0.2, 0.25) is 15.9 Å². The Hall–Kier alpha value is -2.13. The number of carbonyl (C=O) groups excluding carboxylic acids is 1. The number of nitrogens with zero attached hydrogens (tertiary/aromatic N) is 4. The first-order chi connectivity index (χ1) is 12.1. The second-order valence-corrected chi connectivity index (χ2v) is 8.87. The average molecular weight is 380 g/mol. The molecule has 1 aliphatic heterocycles. The molecular weight excluding hydrogens is 356 g/mol. The van der Waals surface area contributed by atoms with E-state index in [1.165, 1.54) is 25.6 Å². The summed E-state index contributed by atoms with van der Waals surface area (Å²) >= 11 is 0. The van der Waals surface area contributed by atoms with Crippen LogP contribution in [0, 0.1) is 5.92 Å². The molecule has 0 spiro atoms. The number of amides is 1. The average Bonchev–Trinajstić information content (AvgIpc) is 2.85. The van der Waals surface area contributed by atoms with Crippen molar-refractivity contribution in [1.29, 1.82) is 0 Å². The number of aromatic nitrogens is 2. The summed E-state index contributed by atoms with van der Waals surface area (Å²) in [4.78, 5) is 26.0. The SMILES string of the molecule is CC(C)C(=O)N1CCN(S(=O)(=O)c2ccc3c(c2)n(C)c(=O)n3C)CC1. The highest BCUT2D eigenvalue weighted by molar-refractivity contribution is 7.89. The van der Waals surface area contributed by atoms with E-state index >= 15 is 0 Å². The summed E-state index contributed by atoms with van der Waals surface area (Å²) in [5.74, 6) is -0.0531. The van der Waals surface area contributed by atoms with Crippen molar-refractivity contribution in [2.75, 3.05) is 26.2 Å². The normalized spacial score (nSPS) is 16.6. The Bertz CT molecular complexity index is 1010. The van der Waals surface area contributed by atoms with Crippen molar-refractivity contribution in [2.45, 2.75) is 18.7 Å². The van der Waals surface area contributed by atoms with Crippen molar-refractivity contribution in [3.05, 3.63) is 28.7 Å². The summed E-state index contributed by atoms with van der Waals surface area (Å²) in [6.07, 6.45) is 0. The first-order valence-electron chi connectivity index (χ1n) is 8.59. The van der Waals surface area contributed by atoms with Gasteiger partial charge in [-0.3, -0.25) is 13.9 Å². The summed E-state index contributed by atoms with van der Waals surface area (Å²) in [6.45, 7) is 5.00. The second-order valence-electron chi connectivity index (χ2n) is 6.94. The molecule has 26 heavy (non-hydrogen) atoms. The molecule has 1 saturated heterocycles. The van der Waals surface area contributed by atoms with E-state index < -0.39 is 10.0 Å². The maximum atomic E-state index is 13.0. The van der Waals surface area contributed by atoms with Crippen LogP contribution in [0.5, 0.6) is 0 Å². The maximum Gasteiger partial charge on any atom is 0.328 e. The molecule has 0 N–H and O–H groups in total. The standard InChI is InChI=1S/C17H24N4O4S/c1-12(2)16(22)20-7-9-21(10-8-20)26(24,25)13-5-6-14-15(11-13)19(4)17(23)18(14)3/h5-6,11-12H,7-10H2,1-4H3. The Labute approximate surface area is 152 Å². The molecule has 1 fully saturated rings. The quantitative estimate of drug-likeness (QED) is 0.770. The number of rotatable bonds is 3. The van der Waals surface area contributed by atoms with Crippen LogP contribution < -0.4 is 5.69 Å². The zero-order chi connectivity index (χ0) is 19.2. The van der Waals surface area contributed by atoms with Crippen LogP contribution in [0.1, 0.15) is 13.8 Å². The van der Waals surface area contributed by atoms with Gasteiger partial charge in [0.15, 0.2) is 0 Å². The van der Waals surface area contributed by atoms with E-state index in [-0.39, 0.29) is 35.5 Å². The molecule has 142 valence electrons. The third-order valence-corrected chi connectivity index (χ3v) is 6.82. The van der Waals surface area contributed by atoms with Gasteiger partial charge in [-0.25, -0.2) is 13.2 Å². The van der Waals surface area contributed by atoms with Crippen LogP contribution in [-0.4, -0.2) is 58.8 Å². The third kappa shape index (κ3) is 2.95. The molecule has 1 aliphatic rings. The number of benzene rings is 1. The molecule has 9 heteroatoms. The topological polar surface area (TPSA) is 84.6 Å². The van der Waals surface area contributed by atoms with E-state index in [4.69, 9.17) is 0 Å². The van der Waals surface area contributed by atoms with Gasteiger partial charge in [-0.2, -0.15) is 4.31 Å². The molecule has 0 unspecified atom stereocenters. The molecule has 8 nitrogen and oxygen atoms in total. The lowest BCUT2D eigenvalue weighted by molar-refractivity contribution is -0.135. The minimum Gasteiger partial charge on any atom is -0.340 e. The number of hydrogen-bond acceptors (Lipinski definition) is 4. The van der Waals surface area contributed by atoms with Crippen LogP contribution in [0.15, 0.2) is 27.9 Å². The Morgan fingerprint density at radius 2 is 1.58 bits per heavy atom. The summed E-state index contributed by atoms with van der Waals surface area (Å²) in [5, 5.41) is 0. The van der Waals surface area contributed by atoms with E-state index in [2.05, 4.69) is 0 Å². The number of imidazole rings is 1. The lowest BCUT2D eigenvalue weighted by Crippen LogP contribution is -2.51. The highest BCUT2D eigenvalue weighted by Crippen LogP contribution is 2.22. The van der Waals surface area contributed by atoms with Gasteiger partial charge in [-0.05, 0) is 18.2 Å². The fraction of sp³-hybridized carbons (Fsp3) is 0.529. The monoisotopic (exact) mass is 380 g/mol. The molecule has 1 amide bonds. The van der Waals surface area contributed by atoms with Crippen LogP contribution in [0.25, 0.3) is 11.0 Å². The molecule has 0 atom stereocenters. The van der Waals surface area contributed by atoms with Gasteiger partial charge >= 0.3 is 5.69 Å². The van der Waals surface area contributed by atoms with Crippen molar-refractivity contribution < 1.29 is 13.2 Å². The highest BCUT2D eigenvalue weighted by atomic mass is 32.2. The van der Waals surface area contributed by atoms with Gasteiger partial charge < -0.3 is 4.90 Å². The highest BCUT2D eigenvalue weighted by Gasteiger charge is 2.31. The Morgan fingerprint density at radius 3 is 2.15 bits per heavy atom. The van der Waals surface area contributed by atoms with E-state index in [0.29, 0.717) is 24.1 Å². The summed E-state index contributed by atoms with van der Waals surface area (Å²) in [5.41, 5.74) is 1.06. The zero-order valence-electron chi connectivity index (χ0n) is 15.5. The largest absolute Gasteiger partial charge is 0.340 e. The van der Waals surface area contributed by atoms with Gasteiger partial charge in [0.05, 0.1) is 15.9 Å². The van der Waals surface area contributed by atoms with Gasteiger partial charge in [0, 0.05) is 46.2 Å². The maximum absolute atomic E-state index is 13.0. The van der Waals surface area contributed by atoms with Crippen molar-refractivity contribution in [3.8, 4) is 0 Å². The van der Waals surface area contributed by atoms with Gasteiger partial charge in [-0.1, -0.05) is 13.8 Å². The molecule has 2 aromatic rings. The van der Waals surface area contributed by atoms with E-state index in [9.17, 15) is 18.0 Å². The number of hydrogen-bond donors (Lipinski definition) is 0.